The first kappa shape index (κ1) is 12.1. The van der Waals surface area contributed by atoms with Crippen LogP contribution in [0.5, 0.6) is 0 Å². The second kappa shape index (κ2) is 4.50. The van der Waals surface area contributed by atoms with E-state index in [1.54, 1.807) is 6.07 Å². The number of nitrogens with two attached hydrogens (primary N) is 1. The molecule has 86 valence electrons. The average molecular weight is 351 g/mol. The molecule has 1 saturated carbocycles. The average Bonchev–Trinajstić information content (AvgIpc) is 3.03. The molecule has 16 heavy (non-hydrogen) atoms. The fourth-order valence-corrected chi connectivity index (χ4v) is 2.53. The van der Waals surface area contributed by atoms with Crippen LogP contribution in [0.1, 0.15) is 12.8 Å². The van der Waals surface area contributed by atoms with Crippen LogP contribution in [0.25, 0.3) is 0 Å². The van der Waals surface area contributed by atoms with Crippen molar-refractivity contribution in [3.05, 3.63) is 26.8 Å². The van der Waals surface area contributed by atoms with E-state index in [2.05, 4.69) is 27.9 Å². The van der Waals surface area contributed by atoms with E-state index in [0.29, 0.717) is 11.6 Å². The zero-order chi connectivity index (χ0) is 11.8. The summed E-state index contributed by atoms with van der Waals surface area (Å²) in [6.45, 7) is 0.420. The SMILES string of the molecule is NCC1(C(=O)Nc2ccc(Cl)cc2I)CC1. The van der Waals surface area contributed by atoms with E-state index in [9.17, 15) is 4.79 Å². The summed E-state index contributed by atoms with van der Waals surface area (Å²) >= 11 is 8.00. The number of hydrogen-bond donors (Lipinski definition) is 2. The van der Waals surface area contributed by atoms with Crippen molar-refractivity contribution in [2.24, 2.45) is 11.1 Å². The van der Waals surface area contributed by atoms with Gasteiger partial charge >= 0.3 is 0 Å². The maximum absolute atomic E-state index is 11.9. The molecule has 0 heterocycles. The minimum absolute atomic E-state index is 0.0234. The fourth-order valence-electron chi connectivity index (χ4n) is 1.52. The molecule has 3 N–H and O–H groups in total. The molecule has 1 amide bonds. The summed E-state index contributed by atoms with van der Waals surface area (Å²) < 4.78 is 0.936. The molecule has 1 aliphatic rings. The number of carbonyl (C=O) groups excluding carboxylic acids is 1. The number of benzene rings is 1. The minimum Gasteiger partial charge on any atom is -0.329 e. The molecule has 0 spiro atoms. The molecule has 0 unspecified atom stereocenters. The first-order chi connectivity index (χ1) is 7.57. The molecule has 2 rings (SSSR count). The molecule has 0 atom stereocenters. The van der Waals surface area contributed by atoms with Gasteiger partial charge in [-0.1, -0.05) is 11.6 Å². The Morgan fingerprint density at radius 2 is 2.25 bits per heavy atom. The lowest BCUT2D eigenvalue weighted by Gasteiger charge is -2.13. The van der Waals surface area contributed by atoms with E-state index in [1.807, 2.05) is 12.1 Å². The molecule has 0 saturated heterocycles. The van der Waals surface area contributed by atoms with Gasteiger partial charge in [0.15, 0.2) is 0 Å². The second-order valence-corrected chi connectivity index (χ2v) is 5.66. The number of hydrogen-bond acceptors (Lipinski definition) is 2. The summed E-state index contributed by atoms with van der Waals surface area (Å²) in [4.78, 5) is 11.9. The van der Waals surface area contributed by atoms with E-state index in [1.165, 1.54) is 0 Å². The van der Waals surface area contributed by atoms with Crippen LogP contribution < -0.4 is 11.1 Å². The van der Waals surface area contributed by atoms with Crippen molar-refractivity contribution in [3.63, 3.8) is 0 Å². The van der Waals surface area contributed by atoms with Gasteiger partial charge in [0.2, 0.25) is 5.91 Å². The standard InChI is InChI=1S/C11H12ClIN2O/c12-7-1-2-9(8(13)5-7)15-10(16)11(6-14)3-4-11/h1-2,5H,3-4,6,14H2,(H,15,16). The molecule has 0 aromatic heterocycles. The molecule has 0 bridgehead atoms. The molecule has 1 aliphatic carbocycles. The van der Waals surface area contributed by atoms with Gasteiger partial charge in [0.1, 0.15) is 0 Å². The lowest BCUT2D eigenvalue weighted by Crippen LogP contribution is -2.31. The molecule has 1 aromatic carbocycles. The lowest BCUT2D eigenvalue weighted by molar-refractivity contribution is -0.120. The van der Waals surface area contributed by atoms with Crippen molar-refractivity contribution in [1.82, 2.24) is 0 Å². The number of rotatable bonds is 3. The molecule has 1 fully saturated rings. The highest BCUT2D eigenvalue weighted by molar-refractivity contribution is 14.1. The zero-order valence-electron chi connectivity index (χ0n) is 8.59. The molecule has 0 aliphatic heterocycles. The van der Waals surface area contributed by atoms with Crippen LogP contribution in [0, 0.1) is 8.99 Å². The molecule has 5 heteroatoms. The minimum atomic E-state index is -0.317. The molecule has 0 radical (unpaired) electrons. The highest BCUT2D eigenvalue weighted by atomic mass is 127. The Morgan fingerprint density at radius 3 is 2.75 bits per heavy atom. The maximum Gasteiger partial charge on any atom is 0.231 e. The lowest BCUT2D eigenvalue weighted by atomic mass is 10.1. The van der Waals surface area contributed by atoms with Gasteiger partial charge in [-0.15, -0.1) is 0 Å². The first-order valence-electron chi connectivity index (χ1n) is 5.04. The number of nitrogens with one attached hydrogen (secondary N) is 1. The van der Waals surface area contributed by atoms with Gasteiger partial charge in [-0.25, -0.2) is 0 Å². The molecule has 1 aromatic rings. The summed E-state index contributed by atoms with van der Waals surface area (Å²) in [7, 11) is 0. The van der Waals surface area contributed by atoms with E-state index >= 15 is 0 Å². The summed E-state index contributed by atoms with van der Waals surface area (Å²) in [5, 5.41) is 3.57. The first-order valence-corrected chi connectivity index (χ1v) is 6.50. The summed E-state index contributed by atoms with van der Waals surface area (Å²) in [6, 6.07) is 5.40. The van der Waals surface area contributed by atoms with Crippen LogP contribution in [-0.2, 0) is 4.79 Å². The van der Waals surface area contributed by atoms with Crippen LogP contribution in [0.15, 0.2) is 18.2 Å². The predicted molar refractivity (Wildman–Crippen MR) is 73.5 cm³/mol. The van der Waals surface area contributed by atoms with E-state index in [-0.39, 0.29) is 11.3 Å². The Balaban J connectivity index is 2.12. The monoisotopic (exact) mass is 350 g/mol. The van der Waals surface area contributed by atoms with Gasteiger partial charge in [0, 0.05) is 15.1 Å². The van der Waals surface area contributed by atoms with Gasteiger partial charge in [-0.3, -0.25) is 4.79 Å². The van der Waals surface area contributed by atoms with Crippen molar-refractivity contribution in [1.29, 1.82) is 0 Å². The van der Waals surface area contributed by atoms with Crippen molar-refractivity contribution < 1.29 is 4.79 Å². The third kappa shape index (κ3) is 2.33. The topological polar surface area (TPSA) is 55.1 Å². The van der Waals surface area contributed by atoms with E-state index < -0.39 is 0 Å². The van der Waals surface area contributed by atoms with Gasteiger partial charge < -0.3 is 11.1 Å². The van der Waals surface area contributed by atoms with Crippen molar-refractivity contribution >= 4 is 45.8 Å². The van der Waals surface area contributed by atoms with Crippen LogP contribution in [0.4, 0.5) is 5.69 Å². The van der Waals surface area contributed by atoms with Crippen LogP contribution in [-0.4, -0.2) is 12.5 Å². The molecule has 3 nitrogen and oxygen atoms in total. The number of anilines is 1. The predicted octanol–water partition coefficient (Wildman–Crippen LogP) is 2.62. The van der Waals surface area contributed by atoms with Crippen molar-refractivity contribution in [2.45, 2.75) is 12.8 Å². The van der Waals surface area contributed by atoms with E-state index in [4.69, 9.17) is 17.3 Å². The fraction of sp³-hybridized carbons (Fsp3) is 0.364. The second-order valence-electron chi connectivity index (χ2n) is 4.06. The van der Waals surface area contributed by atoms with Gasteiger partial charge in [-0.2, -0.15) is 0 Å². The normalized spacial score (nSPS) is 16.9. The van der Waals surface area contributed by atoms with Gasteiger partial charge in [0.25, 0.3) is 0 Å². The van der Waals surface area contributed by atoms with Crippen LogP contribution in [0.3, 0.4) is 0 Å². The largest absolute Gasteiger partial charge is 0.329 e. The summed E-state index contributed by atoms with van der Waals surface area (Å²) in [5.41, 5.74) is 6.09. The Bertz CT molecular complexity index is 432. The smallest absolute Gasteiger partial charge is 0.231 e. The highest BCUT2D eigenvalue weighted by Crippen LogP contribution is 2.45. The quantitative estimate of drug-likeness (QED) is 0.824. The zero-order valence-corrected chi connectivity index (χ0v) is 11.5. The summed E-state index contributed by atoms with van der Waals surface area (Å²) in [5.74, 6) is 0.0234. The Morgan fingerprint density at radius 1 is 1.56 bits per heavy atom. The Hall–Kier alpha value is -0.330. The molecular weight excluding hydrogens is 338 g/mol. The van der Waals surface area contributed by atoms with Gasteiger partial charge in [-0.05, 0) is 53.6 Å². The van der Waals surface area contributed by atoms with Gasteiger partial charge in [0.05, 0.1) is 11.1 Å². The summed E-state index contributed by atoms with van der Waals surface area (Å²) in [6.07, 6.45) is 1.78. The van der Waals surface area contributed by atoms with Crippen LogP contribution >= 0.6 is 34.2 Å². The number of halogens is 2. The van der Waals surface area contributed by atoms with E-state index in [0.717, 1.165) is 22.1 Å². The van der Waals surface area contributed by atoms with Crippen molar-refractivity contribution in [2.75, 3.05) is 11.9 Å². The number of amides is 1. The Kier molecular flexibility index (Phi) is 3.42. The third-order valence-corrected chi connectivity index (χ3v) is 4.03. The Labute approximate surface area is 113 Å². The maximum atomic E-state index is 11.9. The highest BCUT2D eigenvalue weighted by Gasteiger charge is 2.48. The third-order valence-electron chi connectivity index (χ3n) is 2.91. The van der Waals surface area contributed by atoms with Crippen LogP contribution in [0.2, 0.25) is 5.02 Å². The van der Waals surface area contributed by atoms with Crippen molar-refractivity contribution in [3.8, 4) is 0 Å². The molecular formula is C11H12ClIN2O. The number of carbonyl (C=O) groups is 1.